The molecule has 0 saturated carbocycles. The molecular weight excluding hydrogens is 238 g/mol. The van der Waals surface area contributed by atoms with Crippen molar-refractivity contribution in [2.75, 3.05) is 6.54 Å². The third-order valence-corrected chi connectivity index (χ3v) is 4.14. The van der Waals surface area contributed by atoms with Crippen LogP contribution in [0, 0.1) is 0 Å². The van der Waals surface area contributed by atoms with Crippen molar-refractivity contribution in [1.82, 2.24) is 4.90 Å². The highest BCUT2D eigenvalue weighted by Crippen LogP contribution is 2.25. The minimum atomic E-state index is -0.800. The summed E-state index contributed by atoms with van der Waals surface area (Å²) in [5.74, 6) is -0.800. The minimum Gasteiger partial charge on any atom is -0.478 e. The van der Waals surface area contributed by atoms with Crippen molar-refractivity contribution in [1.29, 1.82) is 0 Å². The lowest BCUT2D eigenvalue weighted by Crippen LogP contribution is -2.39. The van der Waals surface area contributed by atoms with Crippen molar-refractivity contribution in [2.24, 2.45) is 0 Å². The zero-order chi connectivity index (χ0) is 13.8. The molecule has 3 heteroatoms. The van der Waals surface area contributed by atoms with E-state index >= 15 is 0 Å². The summed E-state index contributed by atoms with van der Waals surface area (Å²) in [6.07, 6.45) is 4.46. The average molecular weight is 261 g/mol. The second kappa shape index (κ2) is 6.20. The van der Waals surface area contributed by atoms with Crippen molar-refractivity contribution in [3.05, 3.63) is 34.9 Å². The summed E-state index contributed by atoms with van der Waals surface area (Å²) >= 11 is 0. The van der Waals surface area contributed by atoms with E-state index in [1.54, 1.807) is 6.07 Å². The SMILES string of the molecule is CCCC(CC)N1CCc2c(cccc2C(=O)O)C1. The Kier molecular flexibility index (Phi) is 4.59. The van der Waals surface area contributed by atoms with E-state index in [-0.39, 0.29) is 0 Å². The van der Waals surface area contributed by atoms with E-state index in [2.05, 4.69) is 24.8 Å². The molecule has 0 aromatic heterocycles. The molecule has 0 aliphatic carbocycles. The molecule has 0 spiro atoms. The third-order valence-electron chi connectivity index (χ3n) is 4.14. The van der Waals surface area contributed by atoms with Crippen molar-refractivity contribution >= 4 is 5.97 Å². The van der Waals surface area contributed by atoms with E-state index in [9.17, 15) is 9.90 Å². The Bertz CT molecular complexity index is 456. The first-order valence-electron chi connectivity index (χ1n) is 7.25. The fourth-order valence-corrected chi connectivity index (χ4v) is 3.12. The largest absolute Gasteiger partial charge is 0.478 e. The van der Waals surface area contributed by atoms with Gasteiger partial charge in [0.15, 0.2) is 0 Å². The van der Waals surface area contributed by atoms with E-state index in [4.69, 9.17) is 0 Å². The highest BCUT2D eigenvalue weighted by atomic mass is 16.4. The number of hydrogen-bond donors (Lipinski definition) is 1. The molecule has 1 atom stereocenters. The van der Waals surface area contributed by atoms with Gasteiger partial charge in [-0.1, -0.05) is 32.4 Å². The van der Waals surface area contributed by atoms with Crippen LogP contribution in [0.4, 0.5) is 0 Å². The fourth-order valence-electron chi connectivity index (χ4n) is 3.12. The first-order valence-corrected chi connectivity index (χ1v) is 7.25. The van der Waals surface area contributed by atoms with Gasteiger partial charge in [-0.2, -0.15) is 0 Å². The molecule has 1 heterocycles. The van der Waals surface area contributed by atoms with Crippen LogP contribution in [-0.2, 0) is 13.0 Å². The molecule has 0 saturated heterocycles. The monoisotopic (exact) mass is 261 g/mol. The van der Waals surface area contributed by atoms with Crippen molar-refractivity contribution in [3.8, 4) is 0 Å². The van der Waals surface area contributed by atoms with Crippen LogP contribution in [-0.4, -0.2) is 28.6 Å². The number of carboxylic acids is 1. The van der Waals surface area contributed by atoms with Crippen molar-refractivity contribution < 1.29 is 9.90 Å². The topological polar surface area (TPSA) is 40.5 Å². The number of benzene rings is 1. The van der Waals surface area contributed by atoms with Gasteiger partial charge in [0, 0.05) is 19.1 Å². The van der Waals surface area contributed by atoms with Gasteiger partial charge in [0.2, 0.25) is 0 Å². The predicted molar refractivity (Wildman–Crippen MR) is 76.5 cm³/mol. The zero-order valence-corrected chi connectivity index (χ0v) is 11.9. The molecule has 1 aromatic carbocycles. The van der Waals surface area contributed by atoms with Crippen LogP contribution in [0.1, 0.15) is 54.6 Å². The summed E-state index contributed by atoms with van der Waals surface area (Å²) in [4.78, 5) is 13.7. The Morgan fingerprint density at radius 3 is 2.84 bits per heavy atom. The van der Waals surface area contributed by atoms with Gasteiger partial charge in [0.1, 0.15) is 0 Å². The number of fused-ring (bicyclic) bond motifs is 1. The maximum atomic E-state index is 11.2. The first-order chi connectivity index (χ1) is 9.17. The van der Waals surface area contributed by atoms with Gasteiger partial charge in [-0.05, 0) is 36.5 Å². The number of hydrogen-bond acceptors (Lipinski definition) is 2. The van der Waals surface area contributed by atoms with Crippen LogP contribution in [0.5, 0.6) is 0 Å². The predicted octanol–water partition coefficient (Wildman–Crippen LogP) is 3.32. The molecule has 1 aliphatic heterocycles. The summed E-state index contributed by atoms with van der Waals surface area (Å²) in [5.41, 5.74) is 2.72. The third kappa shape index (κ3) is 2.98. The van der Waals surface area contributed by atoms with E-state index in [0.29, 0.717) is 11.6 Å². The number of nitrogens with zero attached hydrogens (tertiary/aromatic N) is 1. The zero-order valence-electron chi connectivity index (χ0n) is 11.9. The molecule has 0 radical (unpaired) electrons. The van der Waals surface area contributed by atoms with Gasteiger partial charge >= 0.3 is 5.97 Å². The highest BCUT2D eigenvalue weighted by molar-refractivity contribution is 5.89. The maximum absolute atomic E-state index is 11.2. The van der Waals surface area contributed by atoms with Gasteiger partial charge in [0.25, 0.3) is 0 Å². The van der Waals surface area contributed by atoms with Crippen LogP contribution in [0.2, 0.25) is 0 Å². The molecule has 1 aromatic rings. The lowest BCUT2D eigenvalue weighted by Gasteiger charge is -2.35. The molecule has 1 unspecified atom stereocenters. The average Bonchev–Trinajstić information content (AvgIpc) is 2.43. The fraction of sp³-hybridized carbons (Fsp3) is 0.562. The van der Waals surface area contributed by atoms with Gasteiger partial charge in [-0.25, -0.2) is 4.79 Å². The van der Waals surface area contributed by atoms with Gasteiger partial charge in [-0.3, -0.25) is 4.90 Å². The van der Waals surface area contributed by atoms with Crippen LogP contribution in [0.3, 0.4) is 0 Å². The Morgan fingerprint density at radius 1 is 1.42 bits per heavy atom. The summed E-state index contributed by atoms with van der Waals surface area (Å²) < 4.78 is 0. The molecule has 1 N–H and O–H groups in total. The normalized spacial score (nSPS) is 16.9. The number of rotatable bonds is 5. The molecule has 0 bridgehead atoms. The Labute approximate surface area is 115 Å². The molecule has 19 heavy (non-hydrogen) atoms. The number of carbonyl (C=O) groups is 1. The summed E-state index contributed by atoms with van der Waals surface area (Å²) in [5, 5.41) is 9.23. The Morgan fingerprint density at radius 2 is 2.21 bits per heavy atom. The second-order valence-corrected chi connectivity index (χ2v) is 5.32. The maximum Gasteiger partial charge on any atom is 0.335 e. The van der Waals surface area contributed by atoms with Gasteiger partial charge in [-0.15, -0.1) is 0 Å². The minimum absolute atomic E-state index is 0.487. The van der Waals surface area contributed by atoms with Crippen LogP contribution < -0.4 is 0 Å². The number of carboxylic acid groups (broad SMARTS) is 1. The van der Waals surface area contributed by atoms with E-state index in [1.807, 2.05) is 6.07 Å². The molecule has 104 valence electrons. The van der Waals surface area contributed by atoms with Crippen LogP contribution in [0.15, 0.2) is 18.2 Å². The highest BCUT2D eigenvalue weighted by Gasteiger charge is 2.24. The summed E-state index contributed by atoms with van der Waals surface area (Å²) in [7, 11) is 0. The van der Waals surface area contributed by atoms with Gasteiger partial charge in [0.05, 0.1) is 5.56 Å². The lowest BCUT2D eigenvalue weighted by molar-refractivity contribution is 0.0694. The molecule has 3 nitrogen and oxygen atoms in total. The van der Waals surface area contributed by atoms with Gasteiger partial charge < -0.3 is 5.11 Å². The van der Waals surface area contributed by atoms with E-state index in [1.165, 1.54) is 24.8 Å². The molecule has 0 amide bonds. The van der Waals surface area contributed by atoms with E-state index in [0.717, 1.165) is 25.1 Å². The number of aromatic carboxylic acids is 1. The van der Waals surface area contributed by atoms with Crippen molar-refractivity contribution in [2.45, 2.75) is 52.1 Å². The molecular formula is C16H23NO2. The van der Waals surface area contributed by atoms with Crippen LogP contribution >= 0.6 is 0 Å². The van der Waals surface area contributed by atoms with Crippen LogP contribution in [0.25, 0.3) is 0 Å². The summed E-state index contributed by atoms with van der Waals surface area (Å²) in [6, 6.07) is 6.30. The van der Waals surface area contributed by atoms with Crippen molar-refractivity contribution in [3.63, 3.8) is 0 Å². The second-order valence-electron chi connectivity index (χ2n) is 5.32. The lowest BCUT2D eigenvalue weighted by atomic mass is 9.93. The first kappa shape index (κ1) is 14.1. The summed E-state index contributed by atoms with van der Waals surface area (Å²) in [6.45, 7) is 6.34. The Hall–Kier alpha value is -1.35. The standard InChI is InChI=1S/C16H23NO2/c1-3-6-13(4-2)17-10-9-14-12(11-17)7-5-8-15(14)16(18)19/h5,7-8,13H,3-4,6,9-11H2,1-2H3,(H,18,19). The Balaban J connectivity index is 2.20. The smallest absolute Gasteiger partial charge is 0.335 e. The molecule has 2 rings (SSSR count). The van der Waals surface area contributed by atoms with E-state index < -0.39 is 5.97 Å². The quantitative estimate of drug-likeness (QED) is 0.884. The molecule has 0 fully saturated rings. The molecule has 1 aliphatic rings.